The van der Waals surface area contributed by atoms with Gasteiger partial charge in [-0.25, -0.2) is 0 Å². The van der Waals surface area contributed by atoms with Gasteiger partial charge in [0.05, 0.1) is 5.56 Å². The summed E-state index contributed by atoms with van der Waals surface area (Å²) in [7, 11) is 0. The fraction of sp³-hybridized carbons (Fsp3) is 0.0909. The third-order valence-electron chi connectivity index (χ3n) is 3.74. The summed E-state index contributed by atoms with van der Waals surface area (Å²) in [5.41, 5.74) is 1.08. The van der Waals surface area contributed by atoms with Crippen LogP contribution in [-0.4, -0.2) is 18.3 Å². The average molecular weight is 361 g/mol. The molecule has 1 amide bonds. The van der Waals surface area contributed by atoms with E-state index in [4.69, 9.17) is 9.47 Å². The van der Waals surface area contributed by atoms with Crippen molar-refractivity contribution in [2.24, 2.45) is 0 Å². The van der Waals surface area contributed by atoms with Crippen LogP contribution in [0.2, 0.25) is 0 Å². The van der Waals surface area contributed by atoms with Crippen molar-refractivity contribution >= 4 is 17.4 Å². The van der Waals surface area contributed by atoms with E-state index in [0.29, 0.717) is 22.7 Å². The molecule has 27 heavy (non-hydrogen) atoms. The lowest BCUT2D eigenvalue weighted by atomic mass is 10.1. The highest BCUT2D eigenvalue weighted by atomic mass is 16.5. The van der Waals surface area contributed by atoms with Crippen LogP contribution in [0, 0.1) is 0 Å². The van der Waals surface area contributed by atoms with Crippen molar-refractivity contribution in [1.29, 1.82) is 0 Å². The van der Waals surface area contributed by atoms with E-state index in [-0.39, 0.29) is 18.3 Å². The molecule has 3 rings (SSSR count). The minimum absolute atomic E-state index is 0.111. The molecule has 3 aromatic carbocycles. The molecule has 0 aliphatic rings. The Morgan fingerprint density at radius 3 is 2.15 bits per heavy atom. The van der Waals surface area contributed by atoms with E-state index in [1.807, 2.05) is 30.3 Å². The summed E-state index contributed by atoms with van der Waals surface area (Å²) in [6.07, 6.45) is 0. The molecule has 0 fully saturated rings. The second-order valence-electron chi connectivity index (χ2n) is 5.83. The molecule has 0 heterocycles. The molecule has 0 aliphatic heterocycles. The van der Waals surface area contributed by atoms with Gasteiger partial charge in [0.1, 0.15) is 17.2 Å². The van der Waals surface area contributed by atoms with Crippen LogP contribution < -0.4 is 14.8 Å². The van der Waals surface area contributed by atoms with E-state index in [9.17, 15) is 9.59 Å². The van der Waals surface area contributed by atoms with E-state index >= 15 is 0 Å². The quantitative estimate of drug-likeness (QED) is 0.620. The zero-order chi connectivity index (χ0) is 19.1. The van der Waals surface area contributed by atoms with E-state index < -0.39 is 0 Å². The first-order chi connectivity index (χ1) is 13.1. The van der Waals surface area contributed by atoms with Gasteiger partial charge in [-0.3, -0.25) is 9.59 Å². The lowest BCUT2D eigenvalue weighted by molar-refractivity contribution is -0.118. The molecule has 0 aromatic heterocycles. The smallest absolute Gasteiger partial charge is 0.262 e. The Morgan fingerprint density at radius 1 is 0.815 bits per heavy atom. The molecule has 0 saturated carbocycles. The molecule has 136 valence electrons. The molecule has 0 spiro atoms. The van der Waals surface area contributed by atoms with E-state index in [1.165, 1.54) is 6.92 Å². The number of nitrogens with one attached hydrogen (secondary N) is 1. The molecule has 0 radical (unpaired) electrons. The monoisotopic (exact) mass is 361 g/mol. The van der Waals surface area contributed by atoms with Gasteiger partial charge in [0.15, 0.2) is 12.4 Å². The Hall–Kier alpha value is -3.60. The highest BCUT2D eigenvalue weighted by molar-refractivity contribution is 5.97. The van der Waals surface area contributed by atoms with Crippen molar-refractivity contribution < 1.29 is 19.1 Å². The Labute approximate surface area is 157 Å². The number of Topliss-reactive ketones (excluding diaryl/α,β-unsaturated/α-hetero) is 1. The first kappa shape index (κ1) is 18.2. The number of ketones is 1. The second kappa shape index (κ2) is 8.67. The van der Waals surface area contributed by atoms with Gasteiger partial charge in [-0.05, 0) is 55.5 Å². The van der Waals surface area contributed by atoms with Crippen molar-refractivity contribution in [2.45, 2.75) is 6.92 Å². The number of ether oxygens (including phenoxy) is 2. The number of benzene rings is 3. The van der Waals surface area contributed by atoms with E-state index in [1.54, 1.807) is 48.5 Å². The van der Waals surface area contributed by atoms with Crippen molar-refractivity contribution in [2.75, 3.05) is 11.9 Å². The topological polar surface area (TPSA) is 64.6 Å². The zero-order valence-corrected chi connectivity index (χ0v) is 14.8. The molecule has 5 nitrogen and oxygen atoms in total. The number of rotatable bonds is 7. The number of carbonyl (C=O) groups excluding carboxylic acids is 2. The Morgan fingerprint density at radius 2 is 1.44 bits per heavy atom. The minimum atomic E-state index is -0.315. The summed E-state index contributed by atoms with van der Waals surface area (Å²) < 4.78 is 11.2. The fourth-order valence-electron chi connectivity index (χ4n) is 2.45. The first-order valence-electron chi connectivity index (χ1n) is 8.47. The van der Waals surface area contributed by atoms with Gasteiger partial charge in [-0.2, -0.15) is 0 Å². The van der Waals surface area contributed by atoms with Gasteiger partial charge in [0.2, 0.25) is 0 Å². The molecule has 0 bridgehead atoms. The number of hydrogen-bond donors (Lipinski definition) is 1. The van der Waals surface area contributed by atoms with Crippen LogP contribution in [-0.2, 0) is 4.79 Å². The Balaban J connectivity index is 1.54. The molecular formula is C22H19NO4. The summed E-state index contributed by atoms with van der Waals surface area (Å²) in [6.45, 7) is 1.27. The third kappa shape index (κ3) is 5.19. The molecule has 0 saturated heterocycles. The van der Waals surface area contributed by atoms with Crippen molar-refractivity contribution in [3.63, 3.8) is 0 Å². The van der Waals surface area contributed by atoms with Crippen LogP contribution in [0.3, 0.4) is 0 Å². The number of hydrogen-bond acceptors (Lipinski definition) is 4. The van der Waals surface area contributed by atoms with Gasteiger partial charge < -0.3 is 14.8 Å². The molecular weight excluding hydrogens is 342 g/mol. The normalized spacial score (nSPS) is 10.1. The standard InChI is InChI=1S/C22H19NO4/c1-16(24)20-9-5-6-10-21(20)26-15-22(25)23-17-11-13-19(14-12-17)27-18-7-3-2-4-8-18/h2-14H,15H2,1H3,(H,23,25). The van der Waals surface area contributed by atoms with Crippen molar-refractivity contribution in [1.82, 2.24) is 0 Å². The van der Waals surface area contributed by atoms with Crippen LogP contribution in [0.4, 0.5) is 5.69 Å². The van der Waals surface area contributed by atoms with Crippen LogP contribution >= 0.6 is 0 Å². The SMILES string of the molecule is CC(=O)c1ccccc1OCC(=O)Nc1ccc(Oc2ccccc2)cc1. The summed E-state index contributed by atoms with van der Waals surface area (Å²) in [4.78, 5) is 23.7. The van der Waals surface area contributed by atoms with Gasteiger partial charge in [0.25, 0.3) is 5.91 Å². The third-order valence-corrected chi connectivity index (χ3v) is 3.74. The van der Waals surface area contributed by atoms with Crippen molar-refractivity contribution in [3.05, 3.63) is 84.4 Å². The maximum absolute atomic E-state index is 12.1. The summed E-state index contributed by atoms with van der Waals surface area (Å²) in [5.74, 6) is 1.38. The summed E-state index contributed by atoms with van der Waals surface area (Å²) >= 11 is 0. The summed E-state index contributed by atoms with van der Waals surface area (Å²) in [6, 6.07) is 23.3. The highest BCUT2D eigenvalue weighted by Gasteiger charge is 2.10. The van der Waals surface area contributed by atoms with Crippen LogP contribution in [0.25, 0.3) is 0 Å². The molecule has 0 atom stereocenters. The van der Waals surface area contributed by atoms with E-state index in [2.05, 4.69) is 5.32 Å². The summed E-state index contributed by atoms with van der Waals surface area (Å²) in [5, 5.41) is 2.75. The van der Waals surface area contributed by atoms with E-state index in [0.717, 1.165) is 5.75 Å². The lowest BCUT2D eigenvalue weighted by Gasteiger charge is -2.10. The largest absolute Gasteiger partial charge is 0.483 e. The molecule has 3 aromatic rings. The molecule has 1 N–H and O–H groups in total. The number of para-hydroxylation sites is 2. The second-order valence-corrected chi connectivity index (χ2v) is 5.83. The van der Waals surface area contributed by atoms with Crippen LogP contribution in [0.15, 0.2) is 78.9 Å². The Bertz CT molecular complexity index is 921. The molecule has 0 unspecified atom stereocenters. The first-order valence-corrected chi connectivity index (χ1v) is 8.47. The average Bonchev–Trinajstić information content (AvgIpc) is 2.69. The van der Waals surface area contributed by atoms with Crippen LogP contribution in [0.1, 0.15) is 17.3 Å². The maximum atomic E-state index is 12.1. The fourth-order valence-corrected chi connectivity index (χ4v) is 2.45. The van der Waals surface area contributed by atoms with Crippen molar-refractivity contribution in [3.8, 4) is 17.2 Å². The Kier molecular flexibility index (Phi) is 5.84. The highest BCUT2D eigenvalue weighted by Crippen LogP contribution is 2.23. The number of amides is 1. The lowest BCUT2D eigenvalue weighted by Crippen LogP contribution is -2.20. The number of carbonyl (C=O) groups is 2. The molecule has 5 heteroatoms. The van der Waals surface area contributed by atoms with Gasteiger partial charge >= 0.3 is 0 Å². The van der Waals surface area contributed by atoms with Gasteiger partial charge in [0, 0.05) is 5.69 Å². The molecule has 0 aliphatic carbocycles. The van der Waals surface area contributed by atoms with Gasteiger partial charge in [-0.1, -0.05) is 30.3 Å². The zero-order valence-electron chi connectivity index (χ0n) is 14.8. The number of anilines is 1. The maximum Gasteiger partial charge on any atom is 0.262 e. The predicted octanol–water partition coefficient (Wildman–Crippen LogP) is 4.70. The van der Waals surface area contributed by atoms with Crippen LogP contribution in [0.5, 0.6) is 17.2 Å². The minimum Gasteiger partial charge on any atom is -0.483 e. The predicted molar refractivity (Wildman–Crippen MR) is 104 cm³/mol. The van der Waals surface area contributed by atoms with Gasteiger partial charge in [-0.15, -0.1) is 0 Å².